The molecule has 0 bridgehead atoms. The number of hydrogen-bond donors (Lipinski definition) is 0. The first-order valence-corrected chi connectivity index (χ1v) is 8.11. The molecule has 0 N–H and O–H groups in total. The Bertz CT molecular complexity index is 923. The van der Waals surface area contributed by atoms with Gasteiger partial charge in [0.1, 0.15) is 37.4 Å². The van der Waals surface area contributed by atoms with Crippen molar-refractivity contribution in [1.29, 1.82) is 0 Å². The number of benzene rings is 2. The van der Waals surface area contributed by atoms with Crippen LogP contribution in [0.1, 0.15) is 11.1 Å². The van der Waals surface area contributed by atoms with E-state index >= 15 is 0 Å². The Morgan fingerprint density at radius 1 is 1.11 bits per heavy atom. The largest absolute Gasteiger partial charge is 0.490 e. The van der Waals surface area contributed by atoms with Crippen molar-refractivity contribution < 1.29 is 14.4 Å². The molecule has 9 nitrogen and oxygen atoms in total. The third-order valence-electron chi connectivity index (χ3n) is 3.57. The molecule has 0 radical (unpaired) electrons. The van der Waals surface area contributed by atoms with Gasteiger partial charge in [0, 0.05) is 17.7 Å². The number of nitrogens with zero attached hydrogens (tertiary/aromatic N) is 5. The van der Waals surface area contributed by atoms with Crippen LogP contribution < -0.4 is 9.47 Å². The van der Waals surface area contributed by atoms with E-state index in [9.17, 15) is 10.1 Å². The minimum Gasteiger partial charge on any atom is -0.490 e. The van der Waals surface area contributed by atoms with Gasteiger partial charge in [0.25, 0.3) is 5.69 Å². The average molecular weight is 367 g/mol. The second-order valence-corrected chi connectivity index (χ2v) is 5.58. The van der Waals surface area contributed by atoms with E-state index in [0.29, 0.717) is 17.9 Å². The van der Waals surface area contributed by atoms with Gasteiger partial charge in [0.15, 0.2) is 0 Å². The van der Waals surface area contributed by atoms with E-state index in [-0.39, 0.29) is 12.3 Å². The van der Waals surface area contributed by atoms with Crippen LogP contribution in [0.15, 0.2) is 60.2 Å². The highest BCUT2D eigenvalue weighted by Crippen LogP contribution is 2.23. The molecular formula is C18H17N5O4. The number of rotatable bonds is 8. The molecule has 138 valence electrons. The molecule has 0 saturated carbocycles. The average Bonchev–Trinajstić information content (AvgIpc) is 3.19. The Kier molecular flexibility index (Phi) is 5.73. The van der Waals surface area contributed by atoms with Crippen LogP contribution in [0.5, 0.6) is 11.5 Å². The Hall–Kier alpha value is -3.75. The van der Waals surface area contributed by atoms with Crippen molar-refractivity contribution in [1.82, 2.24) is 14.9 Å². The fraction of sp³-hybridized carbons (Fsp3) is 0.167. The molecule has 1 heterocycles. The van der Waals surface area contributed by atoms with Crippen molar-refractivity contribution in [2.75, 3.05) is 13.2 Å². The summed E-state index contributed by atoms with van der Waals surface area (Å²) >= 11 is 0. The Balaban J connectivity index is 1.66. The quantitative estimate of drug-likeness (QED) is 0.262. The van der Waals surface area contributed by atoms with Crippen LogP contribution in [-0.4, -0.2) is 39.2 Å². The van der Waals surface area contributed by atoms with Gasteiger partial charge >= 0.3 is 0 Å². The molecule has 3 aromatic rings. The van der Waals surface area contributed by atoms with Gasteiger partial charge in [-0.1, -0.05) is 17.7 Å². The van der Waals surface area contributed by atoms with Gasteiger partial charge in [-0.3, -0.25) is 10.1 Å². The Morgan fingerprint density at radius 3 is 2.52 bits per heavy atom. The lowest BCUT2D eigenvalue weighted by Gasteiger charge is -2.10. The first-order valence-electron chi connectivity index (χ1n) is 8.11. The monoisotopic (exact) mass is 367 g/mol. The summed E-state index contributed by atoms with van der Waals surface area (Å²) in [6.45, 7) is 2.62. The van der Waals surface area contributed by atoms with Gasteiger partial charge in [-0.15, -0.1) is 10.2 Å². The predicted molar refractivity (Wildman–Crippen MR) is 98.3 cm³/mol. The number of nitro benzene ring substituents is 1. The molecule has 2 aromatic carbocycles. The first-order chi connectivity index (χ1) is 13.1. The summed E-state index contributed by atoms with van der Waals surface area (Å²) in [4.78, 5) is 10.5. The first kappa shape index (κ1) is 18.1. The van der Waals surface area contributed by atoms with Crippen molar-refractivity contribution in [2.45, 2.75) is 6.92 Å². The molecule has 0 aliphatic rings. The summed E-state index contributed by atoms with van der Waals surface area (Å²) in [6, 6.07) is 12.0. The fourth-order valence-corrected chi connectivity index (χ4v) is 2.21. The molecule has 9 heteroatoms. The summed E-state index contributed by atoms with van der Waals surface area (Å²) < 4.78 is 12.7. The predicted octanol–water partition coefficient (Wildman–Crippen LogP) is 2.83. The highest BCUT2D eigenvalue weighted by Gasteiger charge is 2.11. The van der Waals surface area contributed by atoms with Gasteiger partial charge in [0.05, 0.1) is 11.1 Å². The third kappa shape index (κ3) is 5.11. The molecule has 0 aliphatic carbocycles. The SMILES string of the molecule is Cc1ccc(OCCOc2ccc([N+](=O)[O-])cc2/C=N\n2cnnc2)cc1. The molecule has 0 fully saturated rings. The number of aryl methyl sites for hydroxylation is 1. The third-order valence-corrected chi connectivity index (χ3v) is 3.57. The molecular weight excluding hydrogens is 350 g/mol. The normalized spacial score (nSPS) is 10.9. The van der Waals surface area contributed by atoms with Crippen molar-refractivity contribution in [3.05, 3.63) is 76.4 Å². The molecule has 0 atom stereocenters. The summed E-state index contributed by atoms with van der Waals surface area (Å²) in [7, 11) is 0. The van der Waals surface area contributed by atoms with Crippen LogP contribution in [0.2, 0.25) is 0 Å². The van der Waals surface area contributed by atoms with E-state index < -0.39 is 4.92 Å². The van der Waals surface area contributed by atoms with Gasteiger partial charge in [-0.2, -0.15) is 5.10 Å². The van der Waals surface area contributed by atoms with Gasteiger partial charge in [-0.25, -0.2) is 4.68 Å². The van der Waals surface area contributed by atoms with Crippen LogP contribution in [0.25, 0.3) is 0 Å². The molecule has 1 aromatic heterocycles. The lowest BCUT2D eigenvalue weighted by molar-refractivity contribution is -0.384. The Morgan fingerprint density at radius 2 is 1.81 bits per heavy atom. The summed E-state index contributed by atoms with van der Waals surface area (Å²) in [5.41, 5.74) is 1.57. The van der Waals surface area contributed by atoms with Crippen LogP contribution in [0, 0.1) is 17.0 Å². The van der Waals surface area contributed by atoms with Crippen molar-refractivity contribution in [3.8, 4) is 11.5 Å². The minimum absolute atomic E-state index is 0.0524. The maximum absolute atomic E-state index is 11.0. The molecule has 0 spiro atoms. The summed E-state index contributed by atoms with van der Waals surface area (Å²) in [6.07, 6.45) is 4.26. The van der Waals surface area contributed by atoms with Crippen molar-refractivity contribution in [2.24, 2.45) is 5.10 Å². The van der Waals surface area contributed by atoms with Crippen molar-refractivity contribution >= 4 is 11.9 Å². The summed E-state index contributed by atoms with van der Waals surface area (Å²) in [5.74, 6) is 1.22. The summed E-state index contributed by atoms with van der Waals surface area (Å²) in [5, 5.41) is 22.4. The molecule has 3 rings (SSSR count). The number of hydrogen-bond acceptors (Lipinski definition) is 7. The van der Waals surface area contributed by atoms with Crippen LogP contribution in [0.4, 0.5) is 5.69 Å². The number of non-ortho nitro benzene ring substituents is 1. The second kappa shape index (κ2) is 8.56. The molecule has 0 aliphatic heterocycles. The van der Waals surface area contributed by atoms with Crippen LogP contribution >= 0.6 is 0 Å². The van der Waals surface area contributed by atoms with Crippen LogP contribution in [0.3, 0.4) is 0 Å². The van der Waals surface area contributed by atoms with E-state index in [1.54, 1.807) is 0 Å². The highest BCUT2D eigenvalue weighted by atomic mass is 16.6. The van der Waals surface area contributed by atoms with E-state index in [1.165, 1.54) is 41.7 Å². The lowest BCUT2D eigenvalue weighted by atomic mass is 10.2. The smallest absolute Gasteiger partial charge is 0.270 e. The zero-order valence-electron chi connectivity index (χ0n) is 14.6. The maximum atomic E-state index is 11.0. The zero-order chi connectivity index (χ0) is 19.1. The minimum atomic E-state index is -0.472. The standard InChI is InChI=1S/C18H17N5O4/c1-14-2-5-17(6-3-14)26-8-9-27-18-7-4-16(23(24)25)10-15(18)11-21-22-12-19-20-13-22/h2-7,10-13H,8-9H2,1H3/b21-11-. The van der Waals surface area contributed by atoms with Gasteiger partial charge in [0.2, 0.25) is 0 Å². The molecule has 0 saturated heterocycles. The Labute approximate surface area is 155 Å². The second-order valence-electron chi connectivity index (χ2n) is 5.58. The van der Waals surface area contributed by atoms with Gasteiger partial charge < -0.3 is 9.47 Å². The topological polar surface area (TPSA) is 105 Å². The number of ether oxygens (including phenoxy) is 2. The zero-order valence-corrected chi connectivity index (χ0v) is 14.6. The molecule has 27 heavy (non-hydrogen) atoms. The van der Waals surface area contributed by atoms with Gasteiger partial charge in [-0.05, 0) is 25.1 Å². The van der Waals surface area contributed by atoms with Crippen LogP contribution in [-0.2, 0) is 0 Å². The molecule has 0 unspecified atom stereocenters. The number of aromatic nitrogens is 3. The van der Waals surface area contributed by atoms with E-state index in [4.69, 9.17) is 9.47 Å². The van der Waals surface area contributed by atoms with E-state index in [0.717, 1.165) is 11.3 Å². The fourth-order valence-electron chi connectivity index (χ4n) is 2.21. The lowest BCUT2D eigenvalue weighted by Crippen LogP contribution is -2.10. The van der Waals surface area contributed by atoms with E-state index in [1.807, 2.05) is 31.2 Å². The van der Waals surface area contributed by atoms with E-state index in [2.05, 4.69) is 15.3 Å². The maximum Gasteiger partial charge on any atom is 0.270 e. The highest BCUT2D eigenvalue weighted by molar-refractivity contribution is 5.84. The molecule has 0 amide bonds. The van der Waals surface area contributed by atoms with Crippen molar-refractivity contribution in [3.63, 3.8) is 0 Å². The number of nitro groups is 1.